The third kappa shape index (κ3) is 5.10. The molecule has 0 radical (unpaired) electrons. The van der Waals surface area contributed by atoms with Gasteiger partial charge < -0.3 is 5.11 Å². The second-order valence-electron chi connectivity index (χ2n) is 7.95. The summed E-state index contributed by atoms with van der Waals surface area (Å²) in [5.74, 6) is 0.105. The van der Waals surface area contributed by atoms with Gasteiger partial charge in [0.15, 0.2) is 6.54 Å². The molecule has 2 aromatic carbocycles. The monoisotopic (exact) mass is 409 g/mol. The van der Waals surface area contributed by atoms with E-state index in [4.69, 9.17) is 4.52 Å². The van der Waals surface area contributed by atoms with Crippen LogP contribution in [-0.4, -0.2) is 11.2 Å². The molecule has 0 saturated heterocycles. The van der Waals surface area contributed by atoms with E-state index < -0.39 is 13.3 Å². The Labute approximate surface area is 173 Å². The van der Waals surface area contributed by atoms with Crippen LogP contribution in [0.15, 0.2) is 70.2 Å². The van der Waals surface area contributed by atoms with Crippen molar-refractivity contribution in [3.05, 3.63) is 60.7 Å². The summed E-state index contributed by atoms with van der Waals surface area (Å²) < 4.78 is 7.52. The van der Waals surface area contributed by atoms with Crippen LogP contribution in [0.4, 0.5) is 5.88 Å². The second-order valence-corrected chi connectivity index (χ2v) is 10.1. The molecular formula is C23H28N3O2P. The normalized spacial score (nSPS) is 12.5. The van der Waals surface area contributed by atoms with Crippen molar-refractivity contribution in [1.29, 1.82) is 0 Å². The molecule has 29 heavy (non-hydrogen) atoms. The van der Waals surface area contributed by atoms with Crippen LogP contribution in [0, 0.1) is 5.41 Å². The molecule has 0 aliphatic carbocycles. The second kappa shape index (κ2) is 9.32. The highest BCUT2D eigenvalue weighted by atomic mass is 31.1. The number of aryl methyl sites for hydroxylation is 1. The number of nitrogens with zero attached hydrogens (tertiary/aromatic N) is 3. The molecule has 0 amide bonds. The number of unbranched alkanes of at least 4 members (excludes halogenated alkanes) is 1. The van der Waals surface area contributed by atoms with E-state index in [2.05, 4.69) is 41.5 Å². The fraction of sp³-hybridized carbons (Fsp3) is 0.348. The van der Waals surface area contributed by atoms with Gasteiger partial charge in [-0.2, -0.15) is 0 Å². The zero-order valence-electron chi connectivity index (χ0n) is 17.5. The summed E-state index contributed by atoms with van der Waals surface area (Å²) in [6.07, 6.45) is 2.02. The van der Waals surface area contributed by atoms with E-state index in [1.807, 2.05) is 61.9 Å². The highest BCUT2D eigenvalue weighted by Gasteiger charge is 2.35. The zero-order valence-corrected chi connectivity index (χ0v) is 18.4. The lowest BCUT2D eigenvalue weighted by molar-refractivity contribution is -0.747. The Morgan fingerprint density at radius 2 is 1.59 bits per heavy atom. The van der Waals surface area contributed by atoms with Gasteiger partial charge in [-0.1, -0.05) is 94.8 Å². The number of aliphatic imine (C=N–C) groups is 1. The van der Waals surface area contributed by atoms with Gasteiger partial charge in [-0.3, -0.25) is 4.52 Å². The van der Waals surface area contributed by atoms with Crippen LogP contribution in [0.25, 0.3) is 0 Å². The van der Waals surface area contributed by atoms with Gasteiger partial charge in [0.05, 0.1) is 7.92 Å². The van der Waals surface area contributed by atoms with Crippen molar-refractivity contribution in [1.82, 2.24) is 5.27 Å². The molecule has 1 aromatic heterocycles. The largest absolute Gasteiger partial charge is 0.861 e. The third-order valence-corrected chi connectivity index (χ3v) is 6.95. The average molecular weight is 409 g/mol. The van der Waals surface area contributed by atoms with Crippen LogP contribution < -0.4 is 25.8 Å². The first kappa shape index (κ1) is 21.2. The van der Waals surface area contributed by atoms with Crippen molar-refractivity contribution in [3.63, 3.8) is 0 Å². The molecule has 0 aliphatic heterocycles. The first-order valence-corrected chi connectivity index (χ1v) is 11.3. The predicted molar refractivity (Wildman–Crippen MR) is 117 cm³/mol. The molecule has 152 valence electrons. The summed E-state index contributed by atoms with van der Waals surface area (Å²) in [7, 11) is -0.973. The van der Waals surface area contributed by atoms with Gasteiger partial charge in [-0.05, 0) is 26.6 Å². The standard InChI is InChI=1S/C23H28N3O2P/c1-5-6-17-26-21(20(28-25-26)24-22(27)23(2,3)4)29(18-13-9-7-10-14-18)19-15-11-8-12-16-19/h7-16H,5-6,17H2,1-4H3. The van der Waals surface area contributed by atoms with Gasteiger partial charge in [0, 0.05) is 6.42 Å². The average Bonchev–Trinajstić information content (AvgIpc) is 3.10. The molecule has 0 unspecified atom stereocenters. The highest BCUT2D eigenvalue weighted by molar-refractivity contribution is 7.79. The first-order chi connectivity index (χ1) is 13.9. The van der Waals surface area contributed by atoms with Gasteiger partial charge in [0.2, 0.25) is 5.27 Å². The van der Waals surface area contributed by atoms with Crippen molar-refractivity contribution >= 4 is 35.7 Å². The van der Waals surface area contributed by atoms with Crippen LogP contribution in [0.5, 0.6) is 0 Å². The molecule has 5 nitrogen and oxygen atoms in total. The van der Waals surface area contributed by atoms with Crippen molar-refractivity contribution < 1.29 is 14.3 Å². The van der Waals surface area contributed by atoms with Crippen LogP contribution in [0.3, 0.4) is 0 Å². The van der Waals surface area contributed by atoms with E-state index in [-0.39, 0.29) is 5.90 Å². The topological polar surface area (TPSA) is 65.3 Å². The third-order valence-electron chi connectivity index (χ3n) is 4.47. The Morgan fingerprint density at radius 1 is 1.03 bits per heavy atom. The Morgan fingerprint density at radius 3 is 2.07 bits per heavy atom. The number of rotatable bonds is 7. The Balaban J connectivity index is 2.21. The zero-order chi connectivity index (χ0) is 20.9. The summed E-state index contributed by atoms with van der Waals surface area (Å²) in [6, 6.07) is 20.6. The molecular weight excluding hydrogens is 381 g/mol. The minimum absolute atomic E-state index is 0.214. The molecule has 3 rings (SSSR count). The van der Waals surface area contributed by atoms with E-state index in [1.54, 1.807) is 0 Å². The molecule has 6 heteroatoms. The minimum Gasteiger partial charge on any atom is -0.861 e. The van der Waals surface area contributed by atoms with Crippen molar-refractivity contribution in [2.24, 2.45) is 10.4 Å². The van der Waals surface area contributed by atoms with E-state index in [0.29, 0.717) is 5.88 Å². The summed E-state index contributed by atoms with van der Waals surface area (Å²) in [6.45, 7) is 8.45. The predicted octanol–water partition coefficient (Wildman–Crippen LogP) is 2.96. The molecule has 0 N–H and O–H groups in total. The SMILES string of the molecule is CCCC[n+]1noc(/N=C(\[O-])C(C)(C)C)c1P(c1ccccc1)c1ccccc1. The lowest BCUT2D eigenvalue weighted by atomic mass is 9.97. The van der Waals surface area contributed by atoms with Crippen molar-refractivity contribution in [2.45, 2.75) is 47.1 Å². The van der Waals surface area contributed by atoms with Gasteiger partial charge in [0.1, 0.15) is 0 Å². The number of hydrogen-bond acceptors (Lipinski definition) is 4. The van der Waals surface area contributed by atoms with Gasteiger partial charge >= 0.3 is 11.3 Å². The first-order valence-electron chi connectivity index (χ1n) is 9.98. The lowest BCUT2D eigenvalue weighted by Crippen LogP contribution is -2.50. The smallest absolute Gasteiger partial charge is 0.329 e. The van der Waals surface area contributed by atoms with E-state index in [9.17, 15) is 5.11 Å². The Hall–Kier alpha value is -2.52. The Bertz CT molecular complexity index is 908. The van der Waals surface area contributed by atoms with Gasteiger partial charge in [-0.15, -0.1) is 0 Å². The molecule has 3 aromatic rings. The maximum atomic E-state index is 12.6. The maximum absolute atomic E-state index is 12.6. The van der Waals surface area contributed by atoms with Crippen LogP contribution >= 0.6 is 7.92 Å². The van der Waals surface area contributed by atoms with Crippen LogP contribution in [0.2, 0.25) is 0 Å². The molecule has 0 aliphatic rings. The number of aromatic nitrogens is 2. The molecule has 1 heterocycles. The van der Waals surface area contributed by atoms with Crippen molar-refractivity contribution in [2.75, 3.05) is 0 Å². The van der Waals surface area contributed by atoms with Crippen LogP contribution in [-0.2, 0) is 6.54 Å². The lowest BCUT2D eigenvalue weighted by Gasteiger charge is -2.25. The maximum Gasteiger partial charge on any atom is 0.329 e. The molecule has 0 saturated carbocycles. The summed E-state index contributed by atoms with van der Waals surface area (Å²) in [5, 5.41) is 19.3. The molecule has 0 spiro atoms. The van der Waals surface area contributed by atoms with E-state index in [1.165, 1.54) is 10.6 Å². The fourth-order valence-electron chi connectivity index (χ4n) is 2.82. The summed E-state index contributed by atoms with van der Waals surface area (Å²) >= 11 is 0. The minimum atomic E-state index is -0.973. The quantitative estimate of drug-likeness (QED) is 0.261. The number of hydrogen-bond donors (Lipinski definition) is 0. The fourth-order valence-corrected chi connectivity index (χ4v) is 5.20. The van der Waals surface area contributed by atoms with Crippen molar-refractivity contribution in [3.8, 4) is 0 Å². The van der Waals surface area contributed by atoms with E-state index >= 15 is 0 Å². The molecule has 0 fully saturated rings. The molecule has 0 atom stereocenters. The van der Waals surface area contributed by atoms with Crippen LogP contribution in [0.1, 0.15) is 40.5 Å². The number of benzene rings is 2. The molecule has 0 bridgehead atoms. The summed E-state index contributed by atoms with van der Waals surface area (Å²) in [5.41, 5.74) is 0.295. The highest BCUT2D eigenvalue weighted by Crippen LogP contribution is 2.35. The van der Waals surface area contributed by atoms with E-state index in [0.717, 1.165) is 24.8 Å². The van der Waals surface area contributed by atoms with Gasteiger partial charge in [-0.25, -0.2) is 4.99 Å². The Kier molecular flexibility index (Phi) is 6.81. The summed E-state index contributed by atoms with van der Waals surface area (Å²) in [4.78, 5) is 4.36. The van der Waals surface area contributed by atoms with Gasteiger partial charge in [0.25, 0.3) is 0 Å².